The molecular weight excluding hydrogens is 286 g/mol. The van der Waals surface area contributed by atoms with Gasteiger partial charge < -0.3 is 4.74 Å². The van der Waals surface area contributed by atoms with E-state index in [1.807, 2.05) is 0 Å². The monoisotopic (exact) mass is 309 g/mol. The molecule has 0 spiro atoms. The van der Waals surface area contributed by atoms with E-state index in [-0.39, 0.29) is 5.97 Å². The van der Waals surface area contributed by atoms with E-state index in [9.17, 15) is 9.00 Å². The van der Waals surface area contributed by atoms with Gasteiger partial charge in [-0.15, -0.1) is 0 Å². The summed E-state index contributed by atoms with van der Waals surface area (Å²) < 4.78 is 17.8. The van der Waals surface area contributed by atoms with Crippen molar-refractivity contribution in [2.45, 2.75) is 55.7 Å². The number of esters is 1. The van der Waals surface area contributed by atoms with E-state index in [1.54, 1.807) is 31.3 Å². The summed E-state index contributed by atoms with van der Waals surface area (Å²) in [4.78, 5) is 16.3. The molecule has 0 bridgehead atoms. The second-order valence-corrected chi connectivity index (χ2v) is 7.03. The molecule has 0 amide bonds. The second kappa shape index (κ2) is 8.27. The molecule has 1 fully saturated rings. The van der Waals surface area contributed by atoms with Crippen molar-refractivity contribution in [2.24, 2.45) is 5.92 Å². The topological polar surface area (TPSA) is 56.3 Å². The standard InChI is InChI=1S/C16H23NO3S/c1-2-20-16(18)14(12-13-8-4-3-5-9-13)21(19)15-10-6-7-11-17-15/h6-7,10-11,13-14H,2-5,8-9,12H2,1H3. The van der Waals surface area contributed by atoms with Crippen molar-refractivity contribution in [3.63, 3.8) is 0 Å². The fourth-order valence-electron chi connectivity index (χ4n) is 2.84. The highest BCUT2D eigenvalue weighted by atomic mass is 32.2. The van der Waals surface area contributed by atoms with Crippen molar-refractivity contribution in [3.8, 4) is 0 Å². The molecule has 1 saturated carbocycles. The van der Waals surface area contributed by atoms with E-state index in [4.69, 9.17) is 4.74 Å². The molecule has 0 saturated heterocycles. The van der Waals surface area contributed by atoms with Gasteiger partial charge in [0.1, 0.15) is 10.3 Å². The summed E-state index contributed by atoms with van der Waals surface area (Å²) in [7, 11) is -1.44. The van der Waals surface area contributed by atoms with Crippen LogP contribution in [0.2, 0.25) is 0 Å². The largest absolute Gasteiger partial charge is 0.465 e. The Balaban J connectivity index is 2.11. The van der Waals surface area contributed by atoms with Gasteiger partial charge in [0.15, 0.2) is 0 Å². The number of rotatable bonds is 6. The third-order valence-electron chi connectivity index (χ3n) is 3.92. The van der Waals surface area contributed by atoms with Crippen LogP contribution in [-0.2, 0) is 20.3 Å². The van der Waals surface area contributed by atoms with Crippen LogP contribution in [0.5, 0.6) is 0 Å². The third-order valence-corrected chi connectivity index (χ3v) is 5.48. The maximum atomic E-state index is 12.7. The van der Waals surface area contributed by atoms with Gasteiger partial charge in [-0.25, -0.2) is 4.98 Å². The van der Waals surface area contributed by atoms with E-state index in [0.717, 1.165) is 12.8 Å². The Labute approximate surface area is 128 Å². The van der Waals surface area contributed by atoms with Gasteiger partial charge >= 0.3 is 5.97 Å². The van der Waals surface area contributed by atoms with Crippen LogP contribution >= 0.6 is 0 Å². The van der Waals surface area contributed by atoms with E-state index in [1.165, 1.54) is 19.3 Å². The van der Waals surface area contributed by atoms with Crippen LogP contribution in [0, 0.1) is 5.92 Å². The zero-order chi connectivity index (χ0) is 15.1. The summed E-state index contributed by atoms with van der Waals surface area (Å²) in [6, 6.07) is 5.29. The van der Waals surface area contributed by atoms with Crippen LogP contribution in [0.3, 0.4) is 0 Å². The van der Waals surface area contributed by atoms with Crippen LogP contribution in [0.1, 0.15) is 45.4 Å². The zero-order valence-corrected chi connectivity index (χ0v) is 13.3. The van der Waals surface area contributed by atoms with Gasteiger partial charge in [0, 0.05) is 6.20 Å². The van der Waals surface area contributed by atoms with E-state index in [0.29, 0.717) is 24.0 Å². The molecular formula is C16H23NO3S. The van der Waals surface area contributed by atoms with E-state index < -0.39 is 16.0 Å². The predicted octanol–water partition coefficient (Wildman–Crippen LogP) is 3.09. The minimum atomic E-state index is -1.44. The zero-order valence-electron chi connectivity index (χ0n) is 12.5. The summed E-state index contributed by atoms with van der Waals surface area (Å²) in [5.74, 6) is 0.118. The molecule has 0 radical (unpaired) electrons. The lowest BCUT2D eigenvalue weighted by atomic mass is 9.86. The van der Waals surface area contributed by atoms with Gasteiger partial charge in [-0.1, -0.05) is 38.2 Å². The average Bonchev–Trinajstić information content (AvgIpc) is 2.54. The molecule has 0 aromatic carbocycles. The van der Waals surface area contributed by atoms with E-state index in [2.05, 4.69) is 4.98 Å². The lowest BCUT2D eigenvalue weighted by Crippen LogP contribution is -2.31. The van der Waals surface area contributed by atoms with Crippen LogP contribution in [-0.4, -0.2) is 27.0 Å². The number of carbonyl (C=O) groups excluding carboxylic acids is 1. The van der Waals surface area contributed by atoms with Crippen LogP contribution in [0.4, 0.5) is 0 Å². The highest BCUT2D eigenvalue weighted by molar-refractivity contribution is 7.86. The van der Waals surface area contributed by atoms with Gasteiger partial charge in [0.25, 0.3) is 0 Å². The van der Waals surface area contributed by atoms with Gasteiger partial charge in [-0.3, -0.25) is 9.00 Å². The molecule has 1 heterocycles. The molecule has 2 rings (SSSR count). The van der Waals surface area contributed by atoms with Crippen LogP contribution < -0.4 is 0 Å². The van der Waals surface area contributed by atoms with Gasteiger partial charge in [-0.2, -0.15) is 0 Å². The van der Waals surface area contributed by atoms with Crippen molar-refractivity contribution in [2.75, 3.05) is 6.61 Å². The number of hydrogen-bond acceptors (Lipinski definition) is 4. The quantitative estimate of drug-likeness (QED) is 0.758. The fourth-order valence-corrected chi connectivity index (χ4v) is 4.20. The molecule has 0 N–H and O–H groups in total. The minimum absolute atomic E-state index is 0.319. The first kappa shape index (κ1) is 16.1. The Bertz CT molecular complexity index is 472. The van der Waals surface area contributed by atoms with Crippen molar-refractivity contribution < 1.29 is 13.7 Å². The molecule has 1 aliphatic rings. The molecule has 116 valence electrons. The number of hydrogen-bond donors (Lipinski definition) is 0. The number of pyridine rings is 1. The number of aromatic nitrogens is 1. The molecule has 0 aliphatic heterocycles. The van der Waals surface area contributed by atoms with Crippen molar-refractivity contribution in [3.05, 3.63) is 24.4 Å². The maximum Gasteiger partial charge on any atom is 0.322 e. The summed E-state index contributed by atoms with van der Waals surface area (Å²) in [5, 5.41) is -0.130. The Morgan fingerprint density at radius 1 is 1.38 bits per heavy atom. The number of ether oxygens (including phenoxy) is 1. The Kier molecular flexibility index (Phi) is 6.36. The first-order valence-electron chi connectivity index (χ1n) is 7.70. The lowest BCUT2D eigenvalue weighted by molar-refractivity contribution is -0.142. The predicted molar refractivity (Wildman–Crippen MR) is 82.3 cm³/mol. The van der Waals surface area contributed by atoms with Crippen molar-refractivity contribution in [1.82, 2.24) is 4.98 Å². The highest BCUT2D eigenvalue weighted by Gasteiger charge is 2.31. The fraction of sp³-hybridized carbons (Fsp3) is 0.625. The Hall–Kier alpha value is -1.23. The highest BCUT2D eigenvalue weighted by Crippen LogP contribution is 2.29. The van der Waals surface area contributed by atoms with E-state index >= 15 is 0 Å². The molecule has 21 heavy (non-hydrogen) atoms. The smallest absolute Gasteiger partial charge is 0.322 e. The van der Waals surface area contributed by atoms with Crippen LogP contribution in [0.25, 0.3) is 0 Å². The maximum absolute atomic E-state index is 12.7. The van der Waals surface area contributed by atoms with Crippen molar-refractivity contribution >= 4 is 16.8 Å². The Morgan fingerprint density at radius 2 is 2.14 bits per heavy atom. The lowest BCUT2D eigenvalue weighted by Gasteiger charge is -2.25. The number of carbonyl (C=O) groups is 1. The molecule has 1 aromatic heterocycles. The van der Waals surface area contributed by atoms with Gasteiger partial charge in [0.2, 0.25) is 0 Å². The van der Waals surface area contributed by atoms with Gasteiger partial charge in [0.05, 0.1) is 17.4 Å². The average molecular weight is 309 g/mol. The molecule has 4 nitrogen and oxygen atoms in total. The van der Waals surface area contributed by atoms with Crippen LogP contribution in [0.15, 0.2) is 29.4 Å². The Morgan fingerprint density at radius 3 is 2.76 bits per heavy atom. The number of nitrogens with zero attached hydrogens (tertiary/aromatic N) is 1. The molecule has 5 heteroatoms. The normalized spacial score (nSPS) is 18.9. The molecule has 1 aromatic rings. The first-order chi connectivity index (χ1) is 10.2. The molecule has 2 unspecified atom stereocenters. The van der Waals surface area contributed by atoms with Gasteiger partial charge in [-0.05, 0) is 31.4 Å². The SMILES string of the molecule is CCOC(=O)C(CC1CCCCC1)S(=O)c1ccccn1. The third kappa shape index (κ3) is 4.63. The summed E-state index contributed by atoms with van der Waals surface area (Å²) in [6.45, 7) is 2.10. The summed E-state index contributed by atoms with van der Waals surface area (Å²) >= 11 is 0. The first-order valence-corrected chi connectivity index (χ1v) is 8.92. The van der Waals surface area contributed by atoms with Crippen molar-refractivity contribution in [1.29, 1.82) is 0 Å². The molecule has 2 atom stereocenters. The minimum Gasteiger partial charge on any atom is -0.465 e. The second-order valence-electron chi connectivity index (χ2n) is 5.45. The summed E-state index contributed by atoms with van der Waals surface area (Å²) in [5.41, 5.74) is 0. The summed E-state index contributed by atoms with van der Waals surface area (Å²) in [6.07, 6.45) is 8.17. The molecule has 1 aliphatic carbocycles.